The fraction of sp³-hybridized carbons (Fsp3) is 1.00. The van der Waals surface area contributed by atoms with E-state index >= 15 is 0 Å². The topological polar surface area (TPSA) is 0 Å². The van der Waals surface area contributed by atoms with Crippen molar-refractivity contribution >= 4 is 51.1 Å². The third-order valence-corrected chi connectivity index (χ3v) is 17.2. The highest BCUT2D eigenvalue weighted by atomic mass is 33.8. The van der Waals surface area contributed by atoms with Crippen LogP contribution in [0, 0.1) is 0 Å². The summed E-state index contributed by atoms with van der Waals surface area (Å²) in [6, 6.07) is 0. The van der Waals surface area contributed by atoms with E-state index in [4.69, 9.17) is 0 Å². The van der Waals surface area contributed by atoms with Gasteiger partial charge in [-0.3, -0.25) is 0 Å². The Labute approximate surface area is 280 Å². The van der Waals surface area contributed by atoms with Gasteiger partial charge in [-0.15, -0.1) is 0 Å². The number of hydrogen-bond acceptors (Lipinski definition) is 5. The molecule has 0 atom stereocenters. The van der Waals surface area contributed by atoms with Crippen LogP contribution in [0.1, 0.15) is 219 Å². The summed E-state index contributed by atoms with van der Waals surface area (Å²) < 4.78 is 0. The van der Waals surface area contributed by atoms with Crippen molar-refractivity contribution in [1.29, 1.82) is 0 Å². The summed E-state index contributed by atoms with van der Waals surface area (Å²) in [5, 5.41) is 0. The molecule has 0 fully saturated rings. The molecule has 0 bridgehead atoms. The molecule has 5 heteroatoms. The molecule has 0 unspecified atom stereocenters. The van der Waals surface area contributed by atoms with Crippen molar-refractivity contribution in [1.82, 2.24) is 0 Å². The molecule has 0 N–H and O–H groups in total. The molecule has 0 aromatic carbocycles. The lowest BCUT2D eigenvalue weighted by Crippen LogP contribution is -1.84. The summed E-state index contributed by atoms with van der Waals surface area (Å²) in [6.07, 6.45) is 46.7. The third kappa shape index (κ3) is 41.8. The molecule has 0 spiro atoms. The van der Waals surface area contributed by atoms with Crippen molar-refractivity contribution in [2.24, 2.45) is 0 Å². The normalized spacial score (nSPS) is 11.6. The average molecular weight is 667 g/mol. The highest BCUT2D eigenvalue weighted by Crippen LogP contribution is 2.48. The van der Waals surface area contributed by atoms with Gasteiger partial charge < -0.3 is 0 Å². The molecule has 0 aliphatic rings. The number of hydrogen-bond donors (Lipinski definition) is 0. The quantitative estimate of drug-likeness (QED) is 0.0473. The van der Waals surface area contributed by atoms with Crippen LogP contribution in [0.5, 0.6) is 0 Å². The Morgan fingerprint density at radius 2 is 0.415 bits per heavy atom. The van der Waals surface area contributed by atoms with Gasteiger partial charge >= 0.3 is 0 Å². The maximum absolute atomic E-state index is 2.31. The van der Waals surface area contributed by atoms with Crippen LogP contribution >= 0.6 is 51.1 Å². The van der Waals surface area contributed by atoms with E-state index in [-0.39, 0.29) is 0 Å². The molecule has 0 aromatic heterocycles. The molecular formula is C36H74S5. The molecule has 248 valence electrons. The van der Waals surface area contributed by atoms with Crippen LogP contribution in [-0.2, 0) is 0 Å². The van der Waals surface area contributed by atoms with Crippen LogP contribution in [0.3, 0.4) is 0 Å². The fourth-order valence-electron chi connectivity index (χ4n) is 5.54. The van der Waals surface area contributed by atoms with Crippen LogP contribution in [0.15, 0.2) is 0 Å². The summed E-state index contributed by atoms with van der Waals surface area (Å²) in [6.45, 7) is 4.61. The lowest BCUT2D eigenvalue weighted by molar-refractivity contribution is 0.532. The Balaban J connectivity index is 3.02. The summed E-state index contributed by atoms with van der Waals surface area (Å²) in [5.41, 5.74) is 0. The van der Waals surface area contributed by atoms with E-state index < -0.39 is 0 Å². The first kappa shape index (κ1) is 42.8. The molecule has 0 heterocycles. The van der Waals surface area contributed by atoms with Gasteiger partial charge in [-0.2, -0.15) is 0 Å². The first-order chi connectivity index (χ1) is 20.4. The number of rotatable bonds is 38. The smallest absolute Gasteiger partial charge is 0.00454 e. The Morgan fingerprint density at radius 1 is 0.220 bits per heavy atom. The SMILES string of the molecule is CCCCCCCCCCCCCCCCCCSSSSSCCCCCCCCCCCCCCCCCC. The second kappa shape index (κ2) is 41.8. The Hall–Kier alpha value is 1.75. The van der Waals surface area contributed by atoms with Crippen molar-refractivity contribution in [3.63, 3.8) is 0 Å². The van der Waals surface area contributed by atoms with E-state index in [1.807, 2.05) is 29.5 Å². The second-order valence-corrected chi connectivity index (χ2v) is 20.5. The standard InChI is InChI=1S/C36H74S5/c1-3-5-7-9-11-13-15-17-19-21-23-25-27-29-31-33-35-37-39-41-40-38-36-34-32-30-28-26-24-22-20-18-16-14-12-10-8-6-4-2/h3-36H2,1-2H3. The zero-order valence-corrected chi connectivity index (χ0v) is 32.2. The van der Waals surface area contributed by atoms with E-state index in [1.54, 1.807) is 0 Å². The van der Waals surface area contributed by atoms with Crippen LogP contribution in [0.25, 0.3) is 0 Å². The van der Waals surface area contributed by atoms with Crippen molar-refractivity contribution < 1.29 is 0 Å². The molecular weight excluding hydrogens is 593 g/mol. The summed E-state index contributed by atoms with van der Waals surface area (Å²) in [5.74, 6) is 2.67. The predicted octanol–water partition coefficient (Wildman–Crippen LogP) is 16.8. The van der Waals surface area contributed by atoms with Crippen molar-refractivity contribution in [3.05, 3.63) is 0 Å². The third-order valence-electron chi connectivity index (χ3n) is 8.31. The van der Waals surface area contributed by atoms with Gasteiger partial charge in [0, 0.05) is 11.5 Å². The van der Waals surface area contributed by atoms with Crippen LogP contribution in [0.4, 0.5) is 0 Å². The average Bonchev–Trinajstić information content (AvgIpc) is 2.98. The van der Waals surface area contributed by atoms with Gasteiger partial charge in [0.2, 0.25) is 0 Å². The molecule has 0 saturated heterocycles. The van der Waals surface area contributed by atoms with E-state index in [0.29, 0.717) is 0 Å². The Kier molecular flexibility index (Phi) is 43.5. The summed E-state index contributed by atoms with van der Waals surface area (Å²) in [7, 11) is 10.2. The van der Waals surface area contributed by atoms with Gasteiger partial charge in [-0.05, 0) is 42.3 Å². The van der Waals surface area contributed by atoms with Crippen LogP contribution in [-0.4, -0.2) is 11.5 Å². The molecule has 0 rings (SSSR count). The van der Waals surface area contributed by atoms with E-state index in [1.165, 1.54) is 217 Å². The molecule has 0 aliphatic heterocycles. The van der Waals surface area contributed by atoms with Gasteiger partial charge in [-0.25, -0.2) is 0 Å². The lowest BCUT2D eigenvalue weighted by atomic mass is 10.0. The van der Waals surface area contributed by atoms with Gasteiger partial charge in [0.05, 0.1) is 0 Å². The molecule has 0 saturated carbocycles. The zero-order valence-electron chi connectivity index (χ0n) is 28.1. The van der Waals surface area contributed by atoms with Gasteiger partial charge in [-0.1, -0.05) is 228 Å². The highest BCUT2D eigenvalue weighted by Gasteiger charge is 1.98. The molecule has 0 aromatic rings. The predicted molar refractivity (Wildman–Crippen MR) is 207 cm³/mol. The minimum absolute atomic E-state index is 1.33. The molecule has 0 radical (unpaired) electrons. The maximum atomic E-state index is 2.31. The van der Waals surface area contributed by atoms with E-state index in [9.17, 15) is 0 Å². The van der Waals surface area contributed by atoms with Crippen LogP contribution in [0.2, 0.25) is 0 Å². The van der Waals surface area contributed by atoms with Gasteiger partial charge in [0.1, 0.15) is 0 Å². The van der Waals surface area contributed by atoms with E-state index in [2.05, 4.69) is 35.4 Å². The summed E-state index contributed by atoms with van der Waals surface area (Å²) in [4.78, 5) is 0. The first-order valence-electron chi connectivity index (χ1n) is 18.7. The molecule has 0 nitrogen and oxygen atoms in total. The fourth-order valence-corrected chi connectivity index (χ4v) is 14.5. The minimum atomic E-state index is 1.33. The summed E-state index contributed by atoms with van der Waals surface area (Å²) >= 11 is 0. The molecule has 0 amide bonds. The van der Waals surface area contributed by atoms with Gasteiger partial charge in [0.15, 0.2) is 0 Å². The minimum Gasteiger partial charge on any atom is -0.0817 e. The Bertz CT molecular complexity index is 396. The molecule has 41 heavy (non-hydrogen) atoms. The highest BCUT2D eigenvalue weighted by molar-refractivity contribution is 9.35. The van der Waals surface area contributed by atoms with Crippen molar-refractivity contribution in [3.8, 4) is 0 Å². The second-order valence-electron chi connectivity index (χ2n) is 12.5. The van der Waals surface area contributed by atoms with E-state index in [0.717, 1.165) is 0 Å². The largest absolute Gasteiger partial charge is 0.0817 e. The lowest BCUT2D eigenvalue weighted by Gasteiger charge is -2.04. The van der Waals surface area contributed by atoms with Crippen molar-refractivity contribution in [2.75, 3.05) is 11.5 Å². The number of unbranched alkanes of at least 4 members (excludes halogenated alkanes) is 30. The molecule has 0 aliphatic carbocycles. The Morgan fingerprint density at radius 3 is 0.634 bits per heavy atom. The van der Waals surface area contributed by atoms with Gasteiger partial charge in [0.25, 0.3) is 0 Å². The monoisotopic (exact) mass is 666 g/mol. The van der Waals surface area contributed by atoms with Crippen molar-refractivity contribution in [2.45, 2.75) is 219 Å². The maximum Gasteiger partial charge on any atom is 0.00454 e. The first-order valence-corrected chi connectivity index (χ1v) is 25.1. The van der Waals surface area contributed by atoms with Crippen LogP contribution < -0.4 is 0 Å². The zero-order chi connectivity index (χ0) is 29.6.